The van der Waals surface area contributed by atoms with E-state index in [-0.39, 0.29) is 0 Å². The van der Waals surface area contributed by atoms with Gasteiger partial charge in [0.1, 0.15) is 0 Å². The maximum Gasteiger partial charge on any atom is 0.0673 e. The van der Waals surface area contributed by atoms with Gasteiger partial charge in [-0.05, 0) is 37.5 Å². The van der Waals surface area contributed by atoms with E-state index in [0.29, 0.717) is 11.8 Å². The third-order valence-corrected chi connectivity index (χ3v) is 4.37. The Morgan fingerprint density at radius 1 is 1.43 bits per heavy atom. The van der Waals surface area contributed by atoms with Crippen LogP contribution >= 0.6 is 0 Å². The van der Waals surface area contributed by atoms with Crippen molar-refractivity contribution in [2.45, 2.75) is 65.4 Å². The van der Waals surface area contributed by atoms with E-state index in [9.17, 15) is 5.11 Å². The Kier molecular flexibility index (Phi) is 4.00. The first kappa shape index (κ1) is 12.0. The van der Waals surface area contributed by atoms with Crippen molar-refractivity contribution in [3.8, 4) is 0 Å². The van der Waals surface area contributed by atoms with Crippen LogP contribution in [0, 0.1) is 17.8 Å². The highest BCUT2D eigenvalue weighted by Crippen LogP contribution is 2.39. The molecule has 1 aliphatic rings. The minimum Gasteiger partial charge on any atom is -0.390 e. The summed E-state index contributed by atoms with van der Waals surface area (Å²) in [6.07, 6.45) is 6.18. The van der Waals surface area contributed by atoms with E-state index in [0.717, 1.165) is 12.3 Å². The van der Waals surface area contributed by atoms with Gasteiger partial charge in [0.25, 0.3) is 0 Å². The summed E-state index contributed by atoms with van der Waals surface area (Å²) in [6, 6.07) is 0. The maximum atomic E-state index is 10.5. The molecule has 0 aromatic carbocycles. The van der Waals surface area contributed by atoms with Crippen LogP contribution in [0.25, 0.3) is 0 Å². The van der Waals surface area contributed by atoms with Crippen LogP contribution in [-0.2, 0) is 0 Å². The lowest BCUT2D eigenvalue weighted by molar-refractivity contribution is -0.0670. The second kappa shape index (κ2) is 4.65. The normalized spacial score (nSPS) is 34.9. The molecule has 1 nitrogen and oxygen atoms in total. The quantitative estimate of drug-likeness (QED) is 0.734. The molecule has 1 rings (SSSR count). The highest BCUT2D eigenvalue weighted by Gasteiger charge is 2.38. The minimum absolute atomic E-state index is 0.429. The lowest BCUT2D eigenvalue weighted by atomic mass is 9.69. The van der Waals surface area contributed by atoms with E-state index >= 15 is 0 Å². The summed E-state index contributed by atoms with van der Waals surface area (Å²) in [5.41, 5.74) is -0.441. The van der Waals surface area contributed by atoms with Gasteiger partial charge in [-0.25, -0.2) is 0 Å². The van der Waals surface area contributed by atoms with Gasteiger partial charge < -0.3 is 5.11 Å². The average molecular weight is 198 g/mol. The van der Waals surface area contributed by atoms with Crippen molar-refractivity contribution in [1.82, 2.24) is 0 Å². The number of hydrogen-bond acceptors (Lipinski definition) is 1. The van der Waals surface area contributed by atoms with Gasteiger partial charge in [0.15, 0.2) is 0 Å². The lowest BCUT2D eigenvalue weighted by Crippen LogP contribution is -2.42. The molecule has 4 atom stereocenters. The average Bonchev–Trinajstić information content (AvgIpc) is 2.16. The molecular weight excluding hydrogens is 172 g/mol. The molecule has 0 aromatic heterocycles. The van der Waals surface area contributed by atoms with Crippen LogP contribution in [0.5, 0.6) is 0 Å². The monoisotopic (exact) mass is 198 g/mol. The summed E-state index contributed by atoms with van der Waals surface area (Å²) in [4.78, 5) is 0. The molecule has 1 heteroatoms. The zero-order valence-electron chi connectivity index (χ0n) is 10.2. The summed E-state index contributed by atoms with van der Waals surface area (Å²) >= 11 is 0. The van der Waals surface area contributed by atoms with E-state index in [2.05, 4.69) is 20.8 Å². The van der Waals surface area contributed by atoms with Crippen LogP contribution in [-0.4, -0.2) is 10.7 Å². The molecule has 1 fully saturated rings. The Bertz CT molecular complexity index is 174. The molecule has 14 heavy (non-hydrogen) atoms. The first-order chi connectivity index (χ1) is 6.48. The topological polar surface area (TPSA) is 20.2 Å². The van der Waals surface area contributed by atoms with Gasteiger partial charge in [-0.3, -0.25) is 0 Å². The fourth-order valence-electron chi connectivity index (χ4n) is 2.78. The minimum atomic E-state index is -0.441. The third kappa shape index (κ3) is 2.50. The molecule has 0 aliphatic heterocycles. The summed E-state index contributed by atoms with van der Waals surface area (Å²) in [6.45, 7) is 8.72. The Hall–Kier alpha value is -0.0400. The van der Waals surface area contributed by atoms with Crippen molar-refractivity contribution in [1.29, 1.82) is 0 Å². The molecule has 0 saturated heterocycles. The van der Waals surface area contributed by atoms with Crippen LogP contribution in [0.2, 0.25) is 0 Å². The zero-order chi connectivity index (χ0) is 10.8. The summed E-state index contributed by atoms with van der Waals surface area (Å²) in [5.74, 6) is 1.77. The molecule has 0 spiro atoms. The standard InChI is InChI=1S/C13H26O/c1-5-11(3)13(4,14)12-8-6-7-10(2)9-12/h10-12,14H,5-9H2,1-4H3. The predicted molar refractivity (Wildman–Crippen MR) is 61.2 cm³/mol. The molecule has 84 valence electrons. The second-order valence-corrected chi connectivity index (χ2v) is 5.50. The van der Waals surface area contributed by atoms with Crippen molar-refractivity contribution in [3.05, 3.63) is 0 Å². The summed E-state index contributed by atoms with van der Waals surface area (Å²) in [5, 5.41) is 10.5. The molecule has 1 saturated carbocycles. The van der Waals surface area contributed by atoms with Gasteiger partial charge in [-0.1, -0.05) is 40.0 Å². The van der Waals surface area contributed by atoms with Gasteiger partial charge >= 0.3 is 0 Å². The Labute approximate surface area is 88.9 Å². The van der Waals surface area contributed by atoms with E-state index in [1.54, 1.807) is 0 Å². The molecule has 0 amide bonds. The highest BCUT2D eigenvalue weighted by molar-refractivity contribution is 4.89. The first-order valence-corrected chi connectivity index (χ1v) is 6.20. The molecule has 4 unspecified atom stereocenters. The SMILES string of the molecule is CCC(C)C(C)(O)C1CCCC(C)C1. The van der Waals surface area contributed by atoms with Gasteiger partial charge in [0.2, 0.25) is 0 Å². The van der Waals surface area contributed by atoms with Crippen LogP contribution in [0.4, 0.5) is 0 Å². The van der Waals surface area contributed by atoms with E-state index < -0.39 is 5.60 Å². The maximum absolute atomic E-state index is 10.5. The van der Waals surface area contributed by atoms with Crippen LogP contribution in [0.3, 0.4) is 0 Å². The lowest BCUT2D eigenvalue weighted by Gasteiger charge is -2.41. The third-order valence-electron chi connectivity index (χ3n) is 4.37. The van der Waals surface area contributed by atoms with Crippen molar-refractivity contribution in [2.75, 3.05) is 0 Å². The van der Waals surface area contributed by atoms with Crippen molar-refractivity contribution in [3.63, 3.8) is 0 Å². The fraction of sp³-hybridized carbons (Fsp3) is 1.00. The Morgan fingerprint density at radius 2 is 2.07 bits per heavy atom. The van der Waals surface area contributed by atoms with Gasteiger partial charge in [-0.15, -0.1) is 0 Å². The van der Waals surface area contributed by atoms with Gasteiger partial charge in [0.05, 0.1) is 5.60 Å². The molecular formula is C13H26O. The van der Waals surface area contributed by atoms with Crippen LogP contribution < -0.4 is 0 Å². The Morgan fingerprint density at radius 3 is 2.57 bits per heavy atom. The van der Waals surface area contributed by atoms with E-state index in [1.807, 2.05) is 6.92 Å². The molecule has 0 radical (unpaired) electrons. The summed E-state index contributed by atoms with van der Waals surface area (Å²) < 4.78 is 0. The first-order valence-electron chi connectivity index (χ1n) is 6.20. The fourth-order valence-corrected chi connectivity index (χ4v) is 2.78. The summed E-state index contributed by atoms with van der Waals surface area (Å²) in [7, 11) is 0. The van der Waals surface area contributed by atoms with Crippen molar-refractivity contribution >= 4 is 0 Å². The van der Waals surface area contributed by atoms with Gasteiger partial charge in [0, 0.05) is 0 Å². The van der Waals surface area contributed by atoms with Crippen molar-refractivity contribution in [2.24, 2.45) is 17.8 Å². The predicted octanol–water partition coefficient (Wildman–Crippen LogP) is 3.61. The zero-order valence-corrected chi connectivity index (χ0v) is 10.2. The van der Waals surface area contributed by atoms with Crippen LogP contribution in [0.15, 0.2) is 0 Å². The second-order valence-electron chi connectivity index (χ2n) is 5.50. The Balaban J connectivity index is 2.61. The van der Waals surface area contributed by atoms with E-state index in [1.165, 1.54) is 25.7 Å². The molecule has 1 aliphatic carbocycles. The highest BCUT2D eigenvalue weighted by atomic mass is 16.3. The smallest absolute Gasteiger partial charge is 0.0673 e. The molecule has 0 bridgehead atoms. The largest absolute Gasteiger partial charge is 0.390 e. The molecule has 0 heterocycles. The van der Waals surface area contributed by atoms with E-state index in [4.69, 9.17) is 0 Å². The molecule has 0 aromatic rings. The number of hydrogen-bond donors (Lipinski definition) is 1. The van der Waals surface area contributed by atoms with Gasteiger partial charge in [-0.2, -0.15) is 0 Å². The van der Waals surface area contributed by atoms with Crippen LogP contribution in [0.1, 0.15) is 59.8 Å². The number of rotatable bonds is 3. The molecule has 1 N–H and O–H groups in total. The number of aliphatic hydroxyl groups is 1. The van der Waals surface area contributed by atoms with Crippen molar-refractivity contribution < 1.29 is 5.11 Å².